The fourth-order valence-corrected chi connectivity index (χ4v) is 1.66. The van der Waals surface area contributed by atoms with Crippen LogP contribution in [0.15, 0.2) is 4.99 Å². The van der Waals surface area contributed by atoms with E-state index in [1.807, 2.05) is 18.5 Å². The molecule has 0 fully saturated rings. The van der Waals surface area contributed by atoms with Crippen LogP contribution in [0.4, 0.5) is 0 Å². The second-order valence-corrected chi connectivity index (χ2v) is 6.04. The Morgan fingerprint density at radius 1 is 1.32 bits per heavy atom. The highest BCUT2D eigenvalue weighted by Gasteiger charge is 2.12. The van der Waals surface area contributed by atoms with Crippen molar-refractivity contribution < 1.29 is 4.74 Å². The van der Waals surface area contributed by atoms with Crippen LogP contribution in [0, 0.1) is 6.92 Å². The number of nitrogens with zero attached hydrogens (tertiary/aromatic N) is 4. The van der Waals surface area contributed by atoms with Gasteiger partial charge in [0.1, 0.15) is 12.4 Å². The summed E-state index contributed by atoms with van der Waals surface area (Å²) in [6.45, 7) is 10.3. The number of hydrogen-bond donors (Lipinski definition) is 2. The van der Waals surface area contributed by atoms with Crippen molar-refractivity contribution in [2.75, 3.05) is 20.3 Å². The molecule has 7 nitrogen and oxygen atoms in total. The van der Waals surface area contributed by atoms with Crippen molar-refractivity contribution >= 4 is 29.9 Å². The molecule has 0 radical (unpaired) electrons. The van der Waals surface area contributed by atoms with E-state index in [-0.39, 0.29) is 29.5 Å². The average molecular weight is 424 g/mol. The Morgan fingerprint density at radius 3 is 2.50 bits per heavy atom. The summed E-state index contributed by atoms with van der Waals surface area (Å²) in [4.78, 5) is 4.58. The Labute approximate surface area is 150 Å². The van der Waals surface area contributed by atoms with Gasteiger partial charge in [0, 0.05) is 32.8 Å². The molecule has 0 amide bonds. The molecule has 22 heavy (non-hydrogen) atoms. The van der Waals surface area contributed by atoms with Gasteiger partial charge >= 0.3 is 0 Å². The molecule has 8 heteroatoms. The summed E-state index contributed by atoms with van der Waals surface area (Å²) in [5.74, 6) is 2.51. The minimum Gasteiger partial charge on any atom is -0.385 e. The molecule has 1 aromatic heterocycles. The molecule has 0 aromatic carbocycles. The molecular weight excluding hydrogens is 395 g/mol. The predicted molar refractivity (Wildman–Crippen MR) is 99.7 cm³/mol. The lowest BCUT2D eigenvalue weighted by Gasteiger charge is -2.24. The van der Waals surface area contributed by atoms with Crippen molar-refractivity contribution in [2.24, 2.45) is 12.0 Å². The molecule has 128 valence electrons. The number of aliphatic imine (C=N–C) groups is 1. The number of guanidine groups is 1. The van der Waals surface area contributed by atoms with E-state index in [0.717, 1.165) is 37.2 Å². The van der Waals surface area contributed by atoms with Crippen LogP contribution in [0.2, 0.25) is 0 Å². The van der Waals surface area contributed by atoms with Crippen LogP contribution in [0.5, 0.6) is 0 Å². The van der Waals surface area contributed by atoms with E-state index in [0.29, 0.717) is 6.54 Å². The van der Waals surface area contributed by atoms with Crippen molar-refractivity contribution in [3.05, 3.63) is 11.6 Å². The van der Waals surface area contributed by atoms with E-state index in [1.54, 1.807) is 7.11 Å². The molecule has 1 heterocycles. The van der Waals surface area contributed by atoms with Gasteiger partial charge in [-0.15, -0.1) is 34.2 Å². The van der Waals surface area contributed by atoms with E-state index in [2.05, 4.69) is 46.6 Å². The van der Waals surface area contributed by atoms with Gasteiger partial charge in [-0.25, -0.2) is 4.99 Å². The molecule has 0 saturated carbocycles. The van der Waals surface area contributed by atoms with E-state index in [9.17, 15) is 0 Å². The second-order valence-electron chi connectivity index (χ2n) is 6.04. The topological polar surface area (TPSA) is 76.4 Å². The van der Waals surface area contributed by atoms with Gasteiger partial charge in [0.25, 0.3) is 0 Å². The van der Waals surface area contributed by atoms with Gasteiger partial charge < -0.3 is 19.9 Å². The summed E-state index contributed by atoms with van der Waals surface area (Å²) < 4.78 is 7.00. The molecule has 1 aromatic rings. The first-order valence-electron chi connectivity index (χ1n) is 7.24. The largest absolute Gasteiger partial charge is 0.385 e. The lowest BCUT2D eigenvalue weighted by Crippen LogP contribution is -2.48. The number of hydrogen-bond acceptors (Lipinski definition) is 4. The van der Waals surface area contributed by atoms with Crippen molar-refractivity contribution in [1.82, 2.24) is 25.4 Å². The van der Waals surface area contributed by atoms with Crippen molar-refractivity contribution in [3.8, 4) is 0 Å². The summed E-state index contributed by atoms with van der Waals surface area (Å²) in [6, 6.07) is 0. The van der Waals surface area contributed by atoms with Gasteiger partial charge in [-0.2, -0.15) is 0 Å². The van der Waals surface area contributed by atoms with Crippen molar-refractivity contribution in [2.45, 2.75) is 46.2 Å². The normalized spacial score (nSPS) is 12.0. The smallest absolute Gasteiger partial charge is 0.192 e. The van der Waals surface area contributed by atoms with E-state index >= 15 is 0 Å². The van der Waals surface area contributed by atoms with Crippen LogP contribution in [-0.2, 0) is 18.3 Å². The first-order chi connectivity index (χ1) is 9.83. The first kappa shape index (κ1) is 21.1. The van der Waals surface area contributed by atoms with Gasteiger partial charge in [0.05, 0.1) is 0 Å². The first-order valence-corrected chi connectivity index (χ1v) is 7.24. The lowest BCUT2D eigenvalue weighted by atomic mass is 10.1. The van der Waals surface area contributed by atoms with E-state index in [4.69, 9.17) is 4.74 Å². The Balaban J connectivity index is 0.00000441. The Hall–Kier alpha value is -0.900. The van der Waals surface area contributed by atoms with Gasteiger partial charge in [0.15, 0.2) is 11.8 Å². The molecular formula is C14H29IN6O. The third-order valence-electron chi connectivity index (χ3n) is 2.87. The van der Waals surface area contributed by atoms with Crippen LogP contribution >= 0.6 is 24.0 Å². The molecule has 0 aliphatic rings. The SMILES string of the molecule is COCCCNC(=NCc1nnc(C)n1C)NC(C)(C)C.I. The van der Waals surface area contributed by atoms with Gasteiger partial charge in [-0.1, -0.05) is 0 Å². The number of nitrogens with one attached hydrogen (secondary N) is 2. The number of ether oxygens (including phenoxy) is 1. The monoisotopic (exact) mass is 424 g/mol. The minimum absolute atomic E-state index is 0. The van der Waals surface area contributed by atoms with Crippen LogP contribution < -0.4 is 10.6 Å². The third-order valence-corrected chi connectivity index (χ3v) is 2.87. The highest BCUT2D eigenvalue weighted by atomic mass is 127. The van der Waals surface area contributed by atoms with Crippen LogP contribution in [0.1, 0.15) is 38.8 Å². The van der Waals surface area contributed by atoms with Crippen LogP contribution in [-0.4, -0.2) is 46.5 Å². The van der Waals surface area contributed by atoms with Gasteiger partial charge in [-0.05, 0) is 34.1 Å². The van der Waals surface area contributed by atoms with Crippen LogP contribution in [0.3, 0.4) is 0 Å². The molecule has 2 N–H and O–H groups in total. The summed E-state index contributed by atoms with van der Waals surface area (Å²) in [6.07, 6.45) is 0.935. The second kappa shape index (κ2) is 9.98. The maximum absolute atomic E-state index is 5.05. The average Bonchev–Trinajstić information content (AvgIpc) is 2.70. The molecule has 0 saturated heterocycles. The standard InChI is InChI=1S/C14H28N6O.HI/c1-11-18-19-12(20(11)5)10-16-13(17-14(2,3)4)15-8-7-9-21-6;/h7-10H2,1-6H3,(H2,15,16,17);1H. The van der Waals surface area contributed by atoms with Crippen molar-refractivity contribution in [1.29, 1.82) is 0 Å². The van der Waals surface area contributed by atoms with Gasteiger partial charge in [0.2, 0.25) is 0 Å². The molecule has 0 aliphatic carbocycles. The zero-order valence-electron chi connectivity index (χ0n) is 14.4. The lowest BCUT2D eigenvalue weighted by molar-refractivity contribution is 0.195. The zero-order chi connectivity index (χ0) is 15.9. The molecule has 0 spiro atoms. The summed E-state index contributed by atoms with van der Waals surface area (Å²) in [7, 11) is 3.65. The molecule has 0 aliphatic heterocycles. The zero-order valence-corrected chi connectivity index (χ0v) is 16.8. The number of aryl methyl sites for hydroxylation is 1. The summed E-state index contributed by atoms with van der Waals surface area (Å²) in [5.41, 5.74) is -0.0527. The predicted octanol–water partition coefficient (Wildman–Crippen LogP) is 1.61. The summed E-state index contributed by atoms with van der Waals surface area (Å²) in [5, 5.41) is 14.8. The number of methoxy groups -OCH3 is 1. The molecule has 0 atom stereocenters. The fraction of sp³-hybridized carbons (Fsp3) is 0.786. The minimum atomic E-state index is -0.0527. The molecule has 0 bridgehead atoms. The van der Waals surface area contributed by atoms with Crippen molar-refractivity contribution in [3.63, 3.8) is 0 Å². The number of aromatic nitrogens is 3. The molecule has 0 unspecified atom stereocenters. The maximum atomic E-state index is 5.05. The highest BCUT2D eigenvalue weighted by Crippen LogP contribution is 2.01. The molecule has 1 rings (SSSR count). The highest BCUT2D eigenvalue weighted by molar-refractivity contribution is 14.0. The Kier molecular flexibility index (Phi) is 9.58. The maximum Gasteiger partial charge on any atom is 0.192 e. The van der Waals surface area contributed by atoms with Gasteiger partial charge in [-0.3, -0.25) is 0 Å². The Bertz CT molecular complexity index is 466. The summed E-state index contributed by atoms with van der Waals surface area (Å²) >= 11 is 0. The van der Waals surface area contributed by atoms with Crippen LogP contribution in [0.25, 0.3) is 0 Å². The quantitative estimate of drug-likeness (QED) is 0.314. The van der Waals surface area contributed by atoms with E-state index in [1.165, 1.54) is 0 Å². The van der Waals surface area contributed by atoms with E-state index < -0.39 is 0 Å². The number of rotatable bonds is 6. The number of halogens is 1. The third kappa shape index (κ3) is 7.92. The Morgan fingerprint density at radius 2 is 2.00 bits per heavy atom. The fourth-order valence-electron chi connectivity index (χ4n) is 1.66.